The van der Waals surface area contributed by atoms with Crippen molar-refractivity contribution in [3.63, 3.8) is 0 Å². The lowest BCUT2D eigenvalue weighted by Crippen LogP contribution is -2.43. The van der Waals surface area contributed by atoms with Crippen molar-refractivity contribution in [2.75, 3.05) is 13.2 Å². The van der Waals surface area contributed by atoms with Gasteiger partial charge in [0.2, 0.25) is 0 Å². The Labute approximate surface area is 114 Å². The Hall–Kier alpha value is -1.13. The van der Waals surface area contributed by atoms with Gasteiger partial charge in [-0.3, -0.25) is 4.90 Å². The van der Waals surface area contributed by atoms with Crippen LogP contribution >= 0.6 is 0 Å². The molecule has 1 fully saturated rings. The highest BCUT2D eigenvalue weighted by molar-refractivity contribution is 5.29. The minimum atomic E-state index is -0.315. The summed E-state index contributed by atoms with van der Waals surface area (Å²) in [7, 11) is 0. The molecule has 2 atom stereocenters. The molecule has 0 saturated carbocycles. The van der Waals surface area contributed by atoms with Gasteiger partial charge in [-0.15, -0.1) is 0 Å². The Kier molecular flexibility index (Phi) is 4.77. The number of piperidine rings is 1. The standard InChI is InChI=1S/C15H22FNO2/c1-3-19-15-7-5-12(8-14(15)16)9-17-10-13(18)6-4-11(17)2/h5,7-8,11,13,18H,3-4,6,9-10H2,1-2H3/t11-,13-/m0/s1. The summed E-state index contributed by atoms with van der Waals surface area (Å²) in [6.45, 7) is 5.78. The number of benzene rings is 1. The predicted octanol–water partition coefficient (Wildman–Crippen LogP) is 2.57. The maximum absolute atomic E-state index is 13.8. The van der Waals surface area contributed by atoms with Crippen molar-refractivity contribution >= 4 is 0 Å². The fraction of sp³-hybridized carbons (Fsp3) is 0.600. The Balaban J connectivity index is 2.04. The maximum Gasteiger partial charge on any atom is 0.165 e. The van der Waals surface area contributed by atoms with E-state index in [0.717, 1.165) is 18.4 Å². The minimum Gasteiger partial charge on any atom is -0.491 e. The van der Waals surface area contributed by atoms with Crippen LogP contribution in [0.4, 0.5) is 4.39 Å². The third kappa shape index (κ3) is 3.67. The van der Waals surface area contributed by atoms with Crippen LogP contribution in [0.2, 0.25) is 0 Å². The fourth-order valence-electron chi connectivity index (χ4n) is 2.53. The number of likely N-dealkylation sites (tertiary alicyclic amines) is 1. The Bertz CT molecular complexity index is 425. The summed E-state index contributed by atoms with van der Waals surface area (Å²) in [6.07, 6.45) is 1.58. The first-order valence-electron chi connectivity index (χ1n) is 6.93. The quantitative estimate of drug-likeness (QED) is 0.910. The molecule has 0 radical (unpaired) electrons. The van der Waals surface area contributed by atoms with Gasteiger partial charge in [0, 0.05) is 19.1 Å². The molecule has 0 aromatic heterocycles. The monoisotopic (exact) mass is 267 g/mol. The largest absolute Gasteiger partial charge is 0.491 e. The molecule has 1 aliphatic heterocycles. The third-order valence-electron chi connectivity index (χ3n) is 3.67. The van der Waals surface area contributed by atoms with Crippen LogP contribution in [0.25, 0.3) is 0 Å². The fourth-order valence-corrected chi connectivity index (χ4v) is 2.53. The number of halogens is 1. The molecule has 0 spiro atoms. The van der Waals surface area contributed by atoms with E-state index in [9.17, 15) is 9.50 Å². The molecular formula is C15H22FNO2. The van der Waals surface area contributed by atoms with Crippen LogP contribution in [0, 0.1) is 5.82 Å². The van der Waals surface area contributed by atoms with E-state index in [1.807, 2.05) is 13.0 Å². The number of hydrogen-bond donors (Lipinski definition) is 1. The summed E-state index contributed by atoms with van der Waals surface area (Å²) < 4.78 is 19.0. The first-order chi connectivity index (χ1) is 9.10. The van der Waals surface area contributed by atoms with Gasteiger partial charge in [-0.2, -0.15) is 0 Å². The van der Waals surface area contributed by atoms with E-state index in [4.69, 9.17) is 4.74 Å². The lowest BCUT2D eigenvalue weighted by atomic mass is 10.0. The molecule has 1 aromatic rings. The Morgan fingerprint density at radius 2 is 2.21 bits per heavy atom. The van der Waals surface area contributed by atoms with Crippen molar-refractivity contribution in [2.24, 2.45) is 0 Å². The van der Waals surface area contributed by atoms with E-state index in [1.165, 1.54) is 6.07 Å². The van der Waals surface area contributed by atoms with Crippen molar-refractivity contribution in [3.8, 4) is 5.75 Å². The molecule has 1 N–H and O–H groups in total. The van der Waals surface area contributed by atoms with Crippen LogP contribution in [-0.4, -0.2) is 35.3 Å². The van der Waals surface area contributed by atoms with E-state index in [2.05, 4.69) is 11.8 Å². The van der Waals surface area contributed by atoms with Crippen LogP contribution in [-0.2, 0) is 6.54 Å². The van der Waals surface area contributed by atoms with Crippen molar-refractivity contribution in [2.45, 2.75) is 45.4 Å². The zero-order chi connectivity index (χ0) is 13.8. The molecule has 4 heteroatoms. The number of β-amino-alcohol motifs (C(OH)–C–C–N with tert-alkyl or cyclic N) is 1. The number of ether oxygens (including phenoxy) is 1. The highest BCUT2D eigenvalue weighted by atomic mass is 19.1. The average Bonchev–Trinajstić information content (AvgIpc) is 2.37. The summed E-state index contributed by atoms with van der Waals surface area (Å²) in [4.78, 5) is 2.20. The summed E-state index contributed by atoms with van der Waals surface area (Å²) >= 11 is 0. The minimum absolute atomic E-state index is 0.260. The van der Waals surface area contributed by atoms with Gasteiger partial charge in [0.25, 0.3) is 0 Å². The zero-order valence-electron chi connectivity index (χ0n) is 11.6. The smallest absolute Gasteiger partial charge is 0.165 e. The number of aliphatic hydroxyl groups is 1. The van der Waals surface area contributed by atoms with Gasteiger partial charge in [0.15, 0.2) is 11.6 Å². The summed E-state index contributed by atoms with van der Waals surface area (Å²) in [5.41, 5.74) is 0.918. The van der Waals surface area contributed by atoms with Gasteiger partial charge in [-0.05, 0) is 44.4 Å². The van der Waals surface area contributed by atoms with E-state index in [0.29, 0.717) is 31.5 Å². The van der Waals surface area contributed by atoms with Crippen LogP contribution in [0.3, 0.4) is 0 Å². The van der Waals surface area contributed by atoms with E-state index < -0.39 is 0 Å². The third-order valence-corrected chi connectivity index (χ3v) is 3.67. The molecule has 0 unspecified atom stereocenters. The van der Waals surface area contributed by atoms with Gasteiger partial charge < -0.3 is 9.84 Å². The van der Waals surface area contributed by atoms with Gasteiger partial charge in [-0.25, -0.2) is 4.39 Å². The number of aliphatic hydroxyl groups excluding tert-OH is 1. The maximum atomic E-state index is 13.8. The van der Waals surface area contributed by atoms with Crippen molar-refractivity contribution in [1.29, 1.82) is 0 Å². The second kappa shape index (κ2) is 6.35. The molecule has 1 saturated heterocycles. The number of rotatable bonds is 4. The van der Waals surface area contributed by atoms with Gasteiger partial charge in [-0.1, -0.05) is 6.07 Å². The molecule has 1 aromatic carbocycles. The predicted molar refractivity (Wildman–Crippen MR) is 72.7 cm³/mol. The van der Waals surface area contributed by atoms with E-state index >= 15 is 0 Å². The van der Waals surface area contributed by atoms with Crippen molar-refractivity contribution < 1.29 is 14.2 Å². The van der Waals surface area contributed by atoms with Crippen LogP contribution in [0.15, 0.2) is 18.2 Å². The molecule has 0 bridgehead atoms. The van der Waals surface area contributed by atoms with Gasteiger partial charge in [0.1, 0.15) is 0 Å². The van der Waals surface area contributed by atoms with Gasteiger partial charge >= 0.3 is 0 Å². The van der Waals surface area contributed by atoms with Crippen LogP contribution < -0.4 is 4.74 Å². The first kappa shape index (κ1) is 14.3. The second-order valence-corrected chi connectivity index (χ2v) is 5.21. The summed E-state index contributed by atoms with van der Waals surface area (Å²) in [6, 6.07) is 5.53. The molecular weight excluding hydrogens is 245 g/mol. The topological polar surface area (TPSA) is 32.7 Å². The normalized spacial score (nSPS) is 24.4. The molecule has 19 heavy (non-hydrogen) atoms. The SMILES string of the molecule is CCOc1ccc(CN2C[C@@H](O)CC[C@@H]2C)cc1F. The Morgan fingerprint density at radius 3 is 2.89 bits per heavy atom. The molecule has 0 amide bonds. The van der Waals surface area contributed by atoms with Crippen molar-refractivity contribution in [1.82, 2.24) is 4.90 Å². The van der Waals surface area contributed by atoms with Gasteiger partial charge in [0.05, 0.1) is 12.7 Å². The Morgan fingerprint density at radius 1 is 1.42 bits per heavy atom. The average molecular weight is 267 g/mol. The molecule has 106 valence electrons. The summed E-state index contributed by atoms with van der Waals surface area (Å²) in [5.74, 6) is -0.0115. The highest BCUT2D eigenvalue weighted by Gasteiger charge is 2.24. The molecule has 1 aliphatic rings. The van der Waals surface area contributed by atoms with Crippen LogP contribution in [0.1, 0.15) is 32.3 Å². The van der Waals surface area contributed by atoms with E-state index in [-0.39, 0.29) is 11.9 Å². The molecule has 1 heterocycles. The lowest BCUT2D eigenvalue weighted by molar-refractivity contribution is 0.0364. The number of nitrogens with zero attached hydrogens (tertiary/aromatic N) is 1. The summed E-state index contributed by atoms with van der Waals surface area (Å²) in [5, 5.41) is 9.71. The molecule has 2 rings (SSSR count). The van der Waals surface area contributed by atoms with Crippen LogP contribution in [0.5, 0.6) is 5.75 Å². The highest BCUT2D eigenvalue weighted by Crippen LogP contribution is 2.23. The lowest BCUT2D eigenvalue weighted by Gasteiger charge is -2.36. The number of hydrogen-bond acceptors (Lipinski definition) is 3. The van der Waals surface area contributed by atoms with Crippen molar-refractivity contribution in [3.05, 3.63) is 29.6 Å². The second-order valence-electron chi connectivity index (χ2n) is 5.21. The van der Waals surface area contributed by atoms with E-state index in [1.54, 1.807) is 6.07 Å². The first-order valence-corrected chi connectivity index (χ1v) is 6.93. The zero-order valence-corrected chi connectivity index (χ0v) is 11.6. The molecule has 3 nitrogen and oxygen atoms in total. The molecule has 0 aliphatic carbocycles.